The molecule has 3 rings (SSSR count). The van der Waals surface area contributed by atoms with Gasteiger partial charge < -0.3 is 15.0 Å². The quantitative estimate of drug-likeness (QED) is 0.449. The predicted molar refractivity (Wildman–Crippen MR) is 102 cm³/mol. The van der Waals surface area contributed by atoms with E-state index in [0.717, 1.165) is 25.9 Å². The number of hydrogen-bond donors (Lipinski definition) is 1. The van der Waals surface area contributed by atoms with Crippen LogP contribution in [0.3, 0.4) is 0 Å². The third-order valence-electron chi connectivity index (χ3n) is 4.23. The molecule has 2 heterocycles. The average Bonchev–Trinajstić information content (AvgIpc) is 3.37. The highest BCUT2D eigenvalue weighted by Gasteiger charge is 2.24. The molecular weight excluding hydrogens is 384 g/mol. The van der Waals surface area contributed by atoms with Crippen LogP contribution in [0.5, 0.6) is 0 Å². The SMILES string of the molecule is N#Cc1ccsc1NC(=O)COC(=O)c1ccc(N2CCCC2)c([N+](=O)[O-])c1. The van der Waals surface area contributed by atoms with Crippen molar-refractivity contribution in [3.05, 3.63) is 50.9 Å². The first-order valence-electron chi connectivity index (χ1n) is 8.47. The number of hydrogen-bond acceptors (Lipinski definition) is 8. The van der Waals surface area contributed by atoms with Gasteiger partial charge in [-0.1, -0.05) is 0 Å². The van der Waals surface area contributed by atoms with Gasteiger partial charge in [0.05, 0.1) is 16.1 Å². The van der Waals surface area contributed by atoms with Gasteiger partial charge in [-0.3, -0.25) is 14.9 Å². The number of esters is 1. The second kappa shape index (κ2) is 8.49. The summed E-state index contributed by atoms with van der Waals surface area (Å²) >= 11 is 1.18. The standard InChI is InChI=1S/C18H16N4O5S/c19-10-13-5-8-28-17(13)20-16(23)11-27-18(24)12-3-4-14(15(9-12)22(25)26)21-6-1-2-7-21/h3-5,8-9H,1-2,6-7,11H2,(H,20,23). The van der Waals surface area contributed by atoms with Gasteiger partial charge in [0.2, 0.25) is 0 Å². The maximum atomic E-state index is 12.2. The maximum Gasteiger partial charge on any atom is 0.338 e. The lowest BCUT2D eigenvalue weighted by Gasteiger charge is -2.17. The van der Waals surface area contributed by atoms with Crippen molar-refractivity contribution in [3.63, 3.8) is 0 Å². The number of nitro benzene ring substituents is 1. The van der Waals surface area contributed by atoms with E-state index in [1.165, 1.54) is 29.5 Å². The highest BCUT2D eigenvalue weighted by atomic mass is 32.1. The van der Waals surface area contributed by atoms with Crippen LogP contribution in [0.25, 0.3) is 0 Å². The number of carbonyl (C=O) groups is 2. The van der Waals surface area contributed by atoms with E-state index in [0.29, 0.717) is 16.3 Å². The number of rotatable bonds is 6. The minimum atomic E-state index is -0.835. The summed E-state index contributed by atoms with van der Waals surface area (Å²) < 4.78 is 4.95. The van der Waals surface area contributed by atoms with Gasteiger partial charge in [-0.15, -0.1) is 11.3 Å². The smallest absolute Gasteiger partial charge is 0.338 e. The van der Waals surface area contributed by atoms with E-state index in [1.54, 1.807) is 11.4 Å². The Morgan fingerprint density at radius 1 is 1.32 bits per heavy atom. The molecule has 0 radical (unpaired) electrons. The fourth-order valence-electron chi connectivity index (χ4n) is 2.89. The Balaban J connectivity index is 1.65. The van der Waals surface area contributed by atoms with Crippen LogP contribution in [0.15, 0.2) is 29.6 Å². The van der Waals surface area contributed by atoms with Gasteiger partial charge in [0.1, 0.15) is 16.8 Å². The number of ether oxygens (including phenoxy) is 1. The lowest BCUT2D eigenvalue weighted by atomic mass is 10.1. The summed E-state index contributed by atoms with van der Waals surface area (Å²) in [4.78, 5) is 36.9. The van der Waals surface area contributed by atoms with Crippen LogP contribution in [0.2, 0.25) is 0 Å². The molecule has 1 aliphatic heterocycles. The number of nitrogens with zero attached hydrogens (tertiary/aromatic N) is 3. The second-order valence-corrected chi connectivity index (χ2v) is 6.97. The van der Waals surface area contributed by atoms with Crippen molar-refractivity contribution in [1.82, 2.24) is 0 Å². The Morgan fingerprint density at radius 2 is 2.07 bits per heavy atom. The van der Waals surface area contributed by atoms with Gasteiger partial charge in [0, 0.05) is 19.2 Å². The molecule has 1 aromatic carbocycles. The first-order valence-corrected chi connectivity index (χ1v) is 9.35. The first kappa shape index (κ1) is 19.3. The number of thiophene rings is 1. The van der Waals surface area contributed by atoms with Crippen molar-refractivity contribution in [2.24, 2.45) is 0 Å². The Labute approximate surface area is 164 Å². The zero-order valence-electron chi connectivity index (χ0n) is 14.7. The van der Waals surface area contributed by atoms with Crippen LogP contribution < -0.4 is 10.2 Å². The summed E-state index contributed by atoms with van der Waals surface area (Å²) in [5.74, 6) is -1.44. The minimum Gasteiger partial charge on any atom is -0.452 e. The monoisotopic (exact) mass is 400 g/mol. The summed E-state index contributed by atoms with van der Waals surface area (Å²) in [5, 5.41) is 24.8. The van der Waals surface area contributed by atoms with Crippen LogP contribution >= 0.6 is 11.3 Å². The van der Waals surface area contributed by atoms with Gasteiger partial charge in [-0.25, -0.2) is 4.79 Å². The number of nitro groups is 1. The van der Waals surface area contributed by atoms with Crippen LogP contribution in [0.1, 0.15) is 28.8 Å². The lowest BCUT2D eigenvalue weighted by Crippen LogP contribution is -2.21. The number of benzene rings is 1. The van der Waals surface area contributed by atoms with Gasteiger partial charge in [0.25, 0.3) is 11.6 Å². The number of anilines is 2. The van der Waals surface area contributed by atoms with E-state index in [1.807, 2.05) is 11.0 Å². The van der Waals surface area contributed by atoms with E-state index >= 15 is 0 Å². The van der Waals surface area contributed by atoms with E-state index < -0.39 is 23.4 Å². The molecule has 9 nitrogen and oxygen atoms in total. The summed E-state index contributed by atoms with van der Waals surface area (Å²) in [5.41, 5.74) is 0.616. The van der Waals surface area contributed by atoms with E-state index in [9.17, 15) is 19.7 Å². The molecule has 144 valence electrons. The normalized spacial score (nSPS) is 13.0. The molecule has 10 heteroatoms. The number of nitrogens with one attached hydrogen (secondary N) is 1. The van der Waals surface area contributed by atoms with Crippen LogP contribution in [0.4, 0.5) is 16.4 Å². The largest absolute Gasteiger partial charge is 0.452 e. The molecule has 0 atom stereocenters. The average molecular weight is 400 g/mol. The van der Waals surface area contributed by atoms with Crippen molar-refractivity contribution < 1.29 is 19.2 Å². The number of nitriles is 1. The third-order valence-corrected chi connectivity index (χ3v) is 5.06. The number of carbonyl (C=O) groups excluding carboxylic acids is 2. The molecule has 1 fully saturated rings. The van der Waals surface area contributed by atoms with E-state index in [-0.39, 0.29) is 11.3 Å². The molecule has 1 amide bonds. The van der Waals surface area contributed by atoms with Crippen molar-refractivity contribution in [3.8, 4) is 6.07 Å². The Hall–Kier alpha value is -3.45. The Kier molecular flexibility index (Phi) is 5.86. The molecule has 2 aromatic rings. The molecule has 1 aromatic heterocycles. The molecule has 0 unspecified atom stereocenters. The highest BCUT2D eigenvalue weighted by molar-refractivity contribution is 7.14. The van der Waals surface area contributed by atoms with Crippen molar-refractivity contribution in [2.45, 2.75) is 12.8 Å². The fraction of sp³-hybridized carbons (Fsp3) is 0.278. The van der Waals surface area contributed by atoms with Crippen LogP contribution in [-0.2, 0) is 9.53 Å². The van der Waals surface area contributed by atoms with E-state index in [4.69, 9.17) is 10.00 Å². The topological polar surface area (TPSA) is 126 Å². The second-order valence-electron chi connectivity index (χ2n) is 6.05. The Morgan fingerprint density at radius 3 is 2.75 bits per heavy atom. The summed E-state index contributed by atoms with van der Waals surface area (Å²) in [6, 6.07) is 7.65. The zero-order valence-corrected chi connectivity index (χ0v) is 15.5. The van der Waals surface area contributed by atoms with Gasteiger partial charge in [0.15, 0.2) is 6.61 Å². The van der Waals surface area contributed by atoms with Crippen LogP contribution in [0, 0.1) is 21.4 Å². The third kappa shape index (κ3) is 4.27. The highest BCUT2D eigenvalue weighted by Crippen LogP contribution is 2.31. The van der Waals surface area contributed by atoms with E-state index in [2.05, 4.69) is 5.32 Å². The summed E-state index contributed by atoms with van der Waals surface area (Å²) in [6.45, 7) is 0.902. The molecule has 0 bridgehead atoms. The Bertz CT molecular complexity index is 959. The maximum absolute atomic E-state index is 12.2. The molecule has 1 saturated heterocycles. The number of amides is 1. The van der Waals surface area contributed by atoms with Gasteiger partial charge in [-0.05, 0) is 36.4 Å². The van der Waals surface area contributed by atoms with Crippen molar-refractivity contribution in [1.29, 1.82) is 5.26 Å². The predicted octanol–water partition coefficient (Wildman–Crippen LogP) is 2.92. The summed E-state index contributed by atoms with van der Waals surface area (Å²) in [6.07, 6.45) is 1.93. The molecule has 1 aliphatic rings. The molecular formula is C18H16N4O5S. The molecule has 0 spiro atoms. The minimum absolute atomic E-state index is 0.00344. The molecule has 0 aliphatic carbocycles. The molecule has 28 heavy (non-hydrogen) atoms. The van der Waals surface area contributed by atoms with Gasteiger partial charge in [-0.2, -0.15) is 5.26 Å². The van der Waals surface area contributed by atoms with Crippen molar-refractivity contribution in [2.75, 3.05) is 29.9 Å². The molecule has 0 saturated carbocycles. The first-order chi connectivity index (χ1) is 13.5. The molecule has 1 N–H and O–H groups in total. The van der Waals surface area contributed by atoms with Gasteiger partial charge >= 0.3 is 5.97 Å². The fourth-order valence-corrected chi connectivity index (χ4v) is 3.65. The van der Waals surface area contributed by atoms with Crippen LogP contribution in [-0.4, -0.2) is 36.5 Å². The lowest BCUT2D eigenvalue weighted by molar-refractivity contribution is -0.384. The van der Waals surface area contributed by atoms with Crippen molar-refractivity contribution >= 4 is 39.6 Å². The zero-order chi connectivity index (χ0) is 20.1. The summed E-state index contributed by atoms with van der Waals surface area (Å²) in [7, 11) is 0.